The van der Waals surface area contributed by atoms with Crippen LogP contribution in [0.4, 0.5) is 0 Å². The molecule has 0 spiro atoms. The summed E-state index contributed by atoms with van der Waals surface area (Å²) >= 11 is 0. The molecule has 102 valence electrons. The lowest BCUT2D eigenvalue weighted by molar-refractivity contribution is 1.01. The maximum absolute atomic E-state index is 4.32. The highest BCUT2D eigenvalue weighted by molar-refractivity contribution is 5.71. The van der Waals surface area contributed by atoms with Gasteiger partial charge in [0, 0.05) is 18.2 Å². The van der Waals surface area contributed by atoms with Crippen LogP contribution in [0.1, 0.15) is 16.8 Å². The van der Waals surface area contributed by atoms with Crippen LogP contribution in [0.15, 0.2) is 62.4 Å². The van der Waals surface area contributed by atoms with E-state index in [9.17, 15) is 0 Å². The van der Waals surface area contributed by atoms with Crippen LogP contribution in [0.2, 0.25) is 0 Å². The Hall–Kier alpha value is -2.35. The Morgan fingerprint density at radius 1 is 0.950 bits per heavy atom. The van der Waals surface area contributed by atoms with Gasteiger partial charge in [-0.25, -0.2) is 0 Å². The molecule has 20 heavy (non-hydrogen) atoms. The summed E-state index contributed by atoms with van der Waals surface area (Å²) in [5.74, 6) is 0. The van der Waals surface area contributed by atoms with Crippen LogP contribution in [0.25, 0.3) is 11.1 Å². The quantitative estimate of drug-likeness (QED) is 0.744. The normalized spacial score (nSPS) is 10.2. The zero-order valence-electron chi connectivity index (χ0n) is 11.7. The predicted octanol–water partition coefficient (Wildman–Crippen LogP) is 4.26. The standard InChI is InChI=1S/C18H20N2/c1-4-8-14-11-7-12-16(15(14)9-5-2)17-13-19-20-18(17)10-6-3/h4-7,11-13H,1-3,8-10H2,(H,19,20). The van der Waals surface area contributed by atoms with Gasteiger partial charge in [0.1, 0.15) is 0 Å². The Kier molecular flexibility index (Phi) is 4.72. The third kappa shape index (κ3) is 2.80. The highest BCUT2D eigenvalue weighted by Crippen LogP contribution is 2.29. The Balaban J connectivity index is 2.56. The molecule has 0 fully saturated rings. The molecule has 2 aromatic rings. The third-order valence-electron chi connectivity index (χ3n) is 3.33. The van der Waals surface area contributed by atoms with Crippen molar-refractivity contribution in [2.24, 2.45) is 0 Å². The highest BCUT2D eigenvalue weighted by atomic mass is 15.1. The van der Waals surface area contributed by atoms with Crippen LogP contribution >= 0.6 is 0 Å². The topological polar surface area (TPSA) is 28.7 Å². The fourth-order valence-corrected chi connectivity index (χ4v) is 2.46. The van der Waals surface area contributed by atoms with Gasteiger partial charge in [-0.15, -0.1) is 19.7 Å². The Morgan fingerprint density at radius 3 is 2.40 bits per heavy atom. The largest absolute Gasteiger partial charge is 0.285 e. The summed E-state index contributed by atoms with van der Waals surface area (Å²) in [6.45, 7) is 11.5. The number of aromatic nitrogens is 2. The zero-order chi connectivity index (χ0) is 14.4. The number of nitrogens with one attached hydrogen (secondary N) is 1. The summed E-state index contributed by atoms with van der Waals surface area (Å²) < 4.78 is 0. The first-order valence-corrected chi connectivity index (χ1v) is 6.78. The van der Waals surface area contributed by atoms with E-state index in [-0.39, 0.29) is 0 Å². The first-order valence-electron chi connectivity index (χ1n) is 6.78. The summed E-state index contributed by atoms with van der Waals surface area (Å²) in [6, 6.07) is 6.38. The van der Waals surface area contributed by atoms with Crippen molar-refractivity contribution in [2.75, 3.05) is 0 Å². The van der Waals surface area contributed by atoms with E-state index < -0.39 is 0 Å². The van der Waals surface area contributed by atoms with Gasteiger partial charge < -0.3 is 0 Å². The van der Waals surface area contributed by atoms with Gasteiger partial charge >= 0.3 is 0 Å². The maximum Gasteiger partial charge on any atom is 0.0738 e. The summed E-state index contributed by atoms with van der Waals surface area (Å²) in [5.41, 5.74) is 5.99. The van der Waals surface area contributed by atoms with E-state index in [1.165, 1.54) is 16.7 Å². The summed E-state index contributed by atoms with van der Waals surface area (Å²) in [7, 11) is 0. The molecule has 0 aliphatic carbocycles. The highest BCUT2D eigenvalue weighted by Gasteiger charge is 2.13. The molecule has 0 bridgehead atoms. The van der Waals surface area contributed by atoms with Gasteiger partial charge in [-0.3, -0.25) is 5.10 Å². The van der Waals surface area contributed by atoms with E-state index in [4.69, 9.17) is 0 Å². The zero-order valence-corrected chi connectivity index (χ0v) is 11.7. The van der Waals surface area contributed by atoms with Crippen LogP contribution in [0.5, 0.6) is 0 Å². The summed E-state index contributed by atoms with van der Waals surface area (Å²) in [5, 5.41) is 7.28. The minimum absolute atomic E-state index is 0.762. The lowest BCUT2D eigenvalue weighted by Gasteiger charge is -2.12. The molecular formula is C18H20N2. The summed E-state index contributed by atoms with van der Waals surface area (Å²) in [6.07, 6.45) is 10.2. The third-order valence-corrected chi connectivity index (χ3v) is 3.33. The van der Waals surface area contributed by atoms with Crippen molar-refractivity contribution in [3.63, 3.8) is 0 Å². The molecule has 2 rings (SSSR count). The minimum Gasteiger partial charge on any atom is -0.285 e. The molecule has 2 heteroatoms. The van der Waals surface area contributed by atoms with Crippen LogP contribution < -0.4 is 0 Å². The van der Waals surface area contributed by atoms with E-state index in [1.54, 1.807) is 0 Å². The first-order chi connectivity index (χ1) is 9.81. The van der Waals surface area contributed by atoms with Crippen molar-refractivity contribution in [1.29, 1.82) is 0 Å². The van der Waals surface area contributed by atoms with Gasteiger partial charge in [0.25, 0.3) is 0 Å². The molecule has 1 aromatic heterocycles. The molecular weight excluding hydrogens is 244 g/mol. The SMILES string of the molecule is C=CCc1cccc(-c2c[nH]nc2CC=C)c1CC=C. The number of aromatic amines is 1. The van der Waals surface area contributed by atoms with Crippen LogP contribution in [0.3, 0.4) is 0 Å². The fourth-order valence-electron chi connectivity index (χ4n) is 2.46. The van der Waals surface area contributed by atoms with Crippen molar-refractivity contribution in [2.45, 2.75) is 19.3 Å². The first kappa shape index (κ1) is 14.1. The monoisotopic (exact) mass is 264 g/mol. The number of hydrogen-bond donors (Lipinski definition) is 1. The molecule has 0 atom stereocenters. The fraction of sp³-hybridized carbons (Fsp3) is 0.167. The molecule has 2 nitrogen and oxygen atoms in total. The lowest BCUT2D eigenvalue weighted by Crippen LogP contribution is -1.97. The molecule has 0 radical (unpaired) electrons. The van der Waals surface area contributed by atoms with Crippen LogP contribution in [0, 0.1) is 0 Å². The van der Waals surface area contributed by atoms with E-state index in [2.05, 4.69) is 48.1 Å². The number of benzene rings is 1. The van der Waals surface area contributed by atoms with Gasteiger partial charge in [0.2, 0.25) is 0 Å². The number of nitrogens with zero attached hydrogens (tertiary/aromatic N) is 1. The van der Waals surface area contributed by atoms with Crippen molar-refractivity contribution >= 4 is 0 Å². The van der Waals surface area contributed by atoms with Gasteiger partial charge in [0.15, 0.2) is 0 Å². The number of hydrogen-bond acceptors (Lipinski definition) is 1. The minimum atomic E-state index is 0.762. The van der Waals surface area contributed by atoms with E-state index >= 15 is 0 Å². The van der Waals surface area contributed by atoms with Crippen molar-refractivity contribution in [3.05, 3.63) is 79.2 Å². The Labute approximate surface area is 120 Å². The number of rotatable bonds is 7. The second-order valence-electron chi connectivity index (χ2n) is 4.67. The smallest absolute Gasteiger partial charge is 0.0738 e. The second kappa shape index (κ2) is 6.71. The molecule has 0 aliphatic heterocycles. The van der Waals surface area contributed by atoms with E-state index in [0.717, 1.165) is 30.5 Å². The summed E-state index contributed by atoms with van der Waals surface area (Å²) in [4.78, 5) is 0. The number of allylic oxidation sites excluding steroid dienone is 3. The Morgan fingerprint density at radius 2 is 1.70 bits per heavy atom. The molecule has 1 aromatic carbocycles. The molecule has 0 aliphatic rings. The molecule has 1 N–H and O–H groups in total. The van der Waals surface area contributed by atoms with Crippen molar-refractivity contribution < 1.29 is 0 Å². The van der Waals surface area contributed by atoms with Crippen LogP contribution in [-0.4, -0.2) is 10.2 Å². The molecule has 1 heterocycles. The molecule has 0 amide bonds. The van der Waals surface area contributed by atoms with Gasteiger partial charge in [-0.1, -0.05) is 36.4 Å². The molecule has 0 saturated heterocycles. The van der Waals surface area contributed by atoms with Gasteiger partial charge in [-0.05, 0) is 29.5 Å². The lowest BCUT2D eigenvalue weighted by atomic mass is 9.91. The van der Waals surface area contributed by atoms with Gasteiger partial charge in [0.05, 0.1) is 5.69 Å². The predicted molar refractivity (Wildman–Crippen MR) is 85.7 cm³/mol. The van der Waals surface area contributed by atoms with Crippen molar-refractivity contribution in [1.82, 2.24) is 10.2 Å². The van der Waals surface area contributed by atoms with Gasteiger partial charge in [-0.2, -0.15) is 5.10 Å². The van der Waals surface area contributed by atoms with Crippen LogP contribution in [-0.2, 0) is 19.3 Å². The Bertz CT molecular complexity index is 620. The average Bonchev–Trinajstić information content (AvgIpc) is 2.90. The van der Waals surface area contributed by atoms with E-state index in [1.807, 2.05) is 24.4 Å². The second-order valence-corrected chi connectivity index (χ2v) is 4.67. The molecule has 0 saturated carbocycles. The average molecular weight is 264 g/mol. The number of H-pyrrole nitrogens is 1. The molecule has 0 unspecified atom stereocenters. The van der Waals surface area contributed by atoms with Crippen molar-refractivity contribution in [3.8, 4) is 11.1 Å². The maximum atomic E-state index is 4.32. The van der Waals surface area contributed by atoms with E-state index in [0.29, 0.717) is 0 Å².